The molecule has 0 unspecified atom stereocenters. The predicted octanol–water partition coefficient (Wildman–Crippen LogP) is 1.22. The average Bonchev–Trinajstić information content (AvgIpc) is 2.17. The Morgan fingerprint density at radius 3 is 2.13 bits per heavy atom. The van der Waals surface area contributed by atoms with E-state index in [1.807, 2.05) is 0 Å². The van der Waals surface area contributed by atoms with Crippen molar-refractivity contribution in [3.8, 4) is 11.5 Å². The van der Waals surface area contributed by atoms with E-state index in [1.165, 1.54) is 12.4 Å². The molecule has 0 fully saturated rings. The fourth-order valence-electron chi connectivity index (χ4n) is 0.894. The molecule has 8 heteroatoms. The van der Waals surface area contributed by atoms with Crippen LogP contribution in [0.15, 0.2) is 12.4 Å². The topological polar surface area (TPSA) is 90.5 Å². The SMILES string of the molecule is Nc1cnc(-c2nc(Cl)nc(Cl)n2)cn1. The number of nitrogen functional groups attached to an aromatic ring is 1. The van der Waals surface area contributed by atoms with Crippen LogP contribution in [0.3, 0.4) is 0 Å². The Morgan fingerprint density at radius 1 is 0.933 bits per heavy atom. The van der Waals surface area contributed by atoms with Crippen LogP contribution in [0.1, 0.15) is 0 Å². The summed E-state index contributed by atoms with van der Waals surface area (Å²) in [6, 6.07) is 0. The normalized spacial score (nSPS) is 10.3. The zero-order valence-corrected chi connectivity index (χ0v) is 8.74. The molecule has 0 aliphatic heterocycles. The number of nitrogens with two attached hydrogens (primary N) is 1. The third kappa shape index (κ3) is 2.28. The summed E-state index contributed by atoms with van der Waals surface area (Å²) in [5.74, 6) is 0.567. The van der Waals surface area contributed by atoms with E-state index in [1.54, 1.807) is 0 Å². The standard InChI is InChI=1S/C7H4Cl2N6/c8-6-13-5(14-7(9)15-6)3-1-12-4(10)2-11-3/h1-2H,(H2,10,12). The van der Waals surface area contributed by atoms with Crippen LogP contribution in [0.25, 0.3) is 11.5 Å². The van der Waals surface area contributed by atoms with Crippen molar-refractivity contribution in [3.05, 3.63) is 23.0 Å². The maximum Gasteiger partial charge on any atom is 0.227 e. The molecule has 76 valence electrons. The van der Waals surface area contributed by atoms with E-state index in [2.05, 4.69) is 24.9 Å². The van der Waals surface area contributed by atoms with Crippen LogP contribution in [0.2, 0.25) is 10.6 Å². The number of hydrogen-bond donors (Lipinski definition) is 1. The van der Waals surface area contributed by atoms with Crippen molar-refractivity contribution in [2.24, 2.45) is 0 Å². The highest BCUT2D eigenvalue weighted by molar-refractivity contribution is 6.31. The molecule has 6 nitrogen and oxygen atoms in total. The van der Waals surface area contributed by atoms with Crippen LogP contribution in [0.4, 0.5) is 5.82 Å². The lowest BCUT2D eigenvalue weighted by Gasteiger charge is -1.99. The first-order valence-corrected chi connectivity index (χ1v) is 4.56. The minimum Gasteiger partial charge on any atom is -0.382 e. The van der Waals surface area contributed by atoms with E-state index in [-0.39, 0.29) is 16.4 Å². The van der Waals surface area contributed by atoms with Gasteiger partial charge in [0.25, 0.3) is 0 Å². The Morgan fingerprint density at radius 2 is 1.60 bits per heavy atom. The molecular formula is C7H4Cl2N6. The van der Waals surface area contributed by atoms with Crippen LogP contribution in [0.5, 0.6) is 0 Å². The third-order valence-corrected chi connectivity index (χ3v) is 1.82. The molecule has 0 radical (unpaired) electrons. The molecule has 2 rings (SSSR count). The number of rotatable bonds is 1. The zero-order chi connectivity index (χ0) is 10.8. The maximum atomic E-state index is 5.61. The van der Waals surface area contributed by atoms with Crippen molar-refractivity contribution in [3.63, 3.8) is 0 Å². The molecule has 2 heterocycles. The van der Waals surface area contributed by atoms with Crippen molar-refractivity contribution in [2.45, 2.75) is 0 Å². The van der Waals surface area contributed by atoms with Gasteiger partial charge in [-0.15, -0.1) is 0 Å². The van der Waals surface area contributed by atoms with Gasteiger partial charge in [0.15, 0.2) is 5.82 Å². The van der Waals surface area contributed by atoms with Gasteiger partial charge in [-0.25, -0.2) is 9.97 Å². The fraction of sp³-hybridized carbons (Fsp3) is 0. The maximum absolute atomic E-state index is 5.61. The number of anilines is 1. The Balaban J connectivity index is 2.49. The van der Waals surface area contributed by atoms with E-state index in [9.17, 15) is 0 Å². The molecule has 0 saturated carbocycles. The molecule has 0 aliphatic rings. The second-order valence-electron chi connectivity index (χ2n) is 2.52. The Bertz CT molecular complexity index is 465. The molecule has 15 heavy (non-hydrogen) atoms. The molecule has 0 aliphatic carbocycles. The van der Waals surface area contributed by atoms with E-state index >= 15 is 0 Å². The summed E-state index contributed by atoms with van der Waals surface area (Å²) in [7, 11) is 0. The number of halogens is 2. The molecule has 2 aromatic rings. The molecule has 0 saturated heterocycles. The molecule has 0 aromatic carbocycles. The Kier molecular flexibility index (Phi) is 2.61. The second-order valence-corrected chi connectivity index (χ2v) is 3.20. The molecule has 0 bridgehead atoms. The first-order valence-electron chi connectivity index (χ1n) is 3.80. The summed E-state index contributed by atoms with van der Waals surface area (Å²) in [4.78, 5) is 19.1. The smallest absolute Gasteiger partial charge is 0.227 e. The van der Waals surface area contributed by atoms with E-state index < -0.39 is 0 Å². The van der Waals surface area contributed by atoms with Gasteiger partial charge in [0, 0.05) is 0 Å². The van der Waals surface area contributed by atoms with Crippen molar-refractivity contribution >= 4 is 29.0 Å². The van der Waals surface area contributed by atoms with E-state index in [0.717, 1.165) is 0 Å². The van der Waals surface area contributed by atoms with Crippen molar-refractivity contribution in [1.29, 1.82) is 0 Å². The zero-order valence-electron chi connectivity index (χ0n) is 7.22. The number of aromatic nitrogens is 5. The fourth-order valence-corrected chi connectivity index (χ4v) is 1.26. The van der Waals surface area contributed by atoms with Gasteiger partial charge in [0.05, 0.1) is 12.4 Å². The first-order chi connectivity index (χ1) is 7.15. The summed E-state index contributed by atoms with van der Waals surface area (Å²) in [5.41, 5.74) is 5.81. The van der Waals surface area contributed by atoms with Crippen molar-refractivity contribution in [1.82, 2.24) is 24.9 Å². The van der Waals surface area contributed by atoms with Crippen molar-refractivity contribution < 1.29 is 0 Å². The highest BCUT2D eigenvalue weighted by atomic mass is 35.5. The van der Waals surface area contributed by atoms with Gasteiger partial charge in [-0.1, -0.05) is 0 Å². The lowest BCUT2D eigenvalue weighted by Crippen LogP contribution is -1.97. The second kappa shape index (κ2) is 3.92. The van der Waals surface area contributed by atoms with Gasteiger partial charge in [0.1, 0.15) is 11.5 Å². The summed E-state index contributed by atoms with van der Waals surface area (Å²) in [5, 5.41) is 0.00671. The first kappa shape index (κ1) is 10.0. The summed E-state index contributed by atoms with van der Waals surface area (Å²) in [6.07, 6.45) is 2.82. The molecule has 0 amide bonds. The van der Waals surface area contributed by atoms with Crippen LogP contribution < -0.4 is 5.73 Å². The minimum absolute atomic E-state index is 0.00336. The van der Waals surface area contributed by atoms with Crippen LogP contribution in [0, 0.1) is 0 Å². The Hall–Kier alpha value is -1.53. The summed E-state index contributed by atoms with van der Waals surface area (Å²) < 4.78 is 0. The lowest BCUT2D eigenvalue weighted by atomic mass is 10.4. The van der Waals surface area contributed by atoms with Crippen molar-refractivity contribution in [2.75, 3.05) is 5.73 Å². The third-order valence-electron chi connectivity index (χ3n) is 1.48. The van der Waals surface area contributed by atoms with E-state index in [0.29, 0.717) is 11.5 Å². The highest BCUT2D eigenvalue weighted by Crippen LogP contribution is 2.15. The molecule has 0 atom stereocenters. The number of nitrogens with zero attached hydrogens (tertiary/aromatic N) is 5. The Labute approximate surface area is 94.5 Å². The number of hydrogen-bond acceptors (Lipinski definition) is 6. The van der Waals surface area contributed by atoms with Gasteiger partial charge >= 0.3 is 0 Å². The predicted molar refractivity (Wildman–Crippen MR) is 55.3 cm³/mol. The molecular weight excluding hydrogens is 239 g/mol. The minimum atomic E-state index is 0.00336. The van der Waals surface area contributed by atoms with Gasteiger partial charge in [-0.05, 0) is 23.2 Å². The lowest BCUT2D eigenvalue weighted by molar-refractivity contribution is 1.04. The van der Waals surface area contributed by atoms with Crippen LogP contribution in [-0.4, -0.2) is 24.9 Å². The van der Waals surface area contributed by atoms with E-state index in [4.69, 9.17) is 28.9 Å². The molecule has 2 aromatic heterocycles. The average molecular weight is 243 g/mol. The van der Waals surface area contributed by atoms with Gasteiger partial charge < -0.3 is 5.73 Å². The summed E-state index contributed by atoms with van der Waals surface area (Å²) >= 11 is 11.2. The van der Waals surface area contributed by atoms with Gasteiger partial charge in [-0.3, -0.25) is 0 Å². The largest absolute Gasteiger partial charge is 0.382 e. The highest BCUT2D eigenvalue weighted by Gasteiger charge is 2.07. The molecule has 2 N–H and O–H groups in total. The van der Waals surface area contributed by atoms with Crippen LogP contribution in [-0.2, 0) is 0 Å². The van der Waals surface area contributed by atoms with Gasteiger partial charge in [0.2, 0.25) is 10.6 Å². The quantitative estimate of drug-likeness (QED) is 0.809. The van der Waals surface area contributed by atoms with Gasteiger partial charge in [-0.2, -0.15) is 15.0 Å². The van der Waals surface area contributed by atoms with Crippen LogP contribution >= 0.6 is 23.2 Å². The molecule has 0 spiro atoms. The summed E-state index contributed by atoms with van der Waals surface area (Å²) in [6.45, 7) is 0. The monoisotopic (exact) mass is 242 g/mol.